The lowest BCUT2D eigenvalue weighted by Gasteiger charge is -2.29. The number of nitrogens with zero attached hydrogens (tertiary/aromatic N) is 4. The predicted octanol–water partition coefficient (Wildman–Crippen LogP) is 2.89. The third kappa shape index (κ3) is 2.55. The van der Waals surface area contributed by atoms with E-state index in [4.69, 9.17) is 4.52 Å². The Hall–Kier alpha value is -2.47. The molecule has 1 aliphatic heterocycles. The molecule has 1 aliphatic rings. The fourth-order valence-electron chi connectivity index (χ4n) is 3.07. The van der Waals surface area contributed by atoms with Crippen LogP contribution >= 0.6 is 0 Å². The molecule has 1 N–H and O–H groups in total. The third-order valence-corrected chi connectivity index (χ3v) is 4.56. The lowest BCUT2D eigenvalue weighted by Crippen LogP contribution is -2.32. The molecule has 6 heteroatoms. The van der Waals surface area contributed by atoms with Gasteiger partial charge in [0.15, 0.2) is 0 Å². The van der Waals surface area contributed by atoms with Crippen molar-refractivity contribution in [2.75, 3.05) is 6.54 Å². The second-order valence-corrected chi connectivity index (χ2v) is 6.04. The van der Waals surface area contributed by atoms with E-state index in [9.17, 15) is 0 Å². The lowest BCUT2D eigenvalue weighted by molar-refractivity contribution is 0.157. The zero-order valence-electron chi connectivity index (χ0n) is 13.3. The zero-order valence-corrected chi connectivity index (χ0v) is 13.3. The van der Waals surface area contributed by atoms with Crippen LogP contribution < -0.4 is 0 Å². The normalized spacial score (nSPS) is 16.3. The Morgan fingerprint density at radius 1 is 1.30 bits per heavy atom. The van der Waals surface area contributed by atoms with E-state index < -0.39 is 0 Å². The van der Waals surface area contributed by atoms with Crippen LogP contribution in [-0.2, 0) is 13.0 Å². The van der Waals surface area contributed by atoms with Gasteiger partial charge in [-0.3, -0.25) is 10.00 Å². The molecule has 2 aromatic heterocycles. The number of hydrogen-bond donors (Lipinski definition) is 1. The van der Waals surface area contributed by atoms with Gasteiger partial charge in [-0.15, -0.1) is 0 Å². The average molecular weight is 309 g/mol. The number of nitrogens with one attached hydrogen (secondary N) is 1. The van der Waals surface area contributed by atoms with Gasteiger partial charge in [-0.2, -0.15) is 10.1 Å². The molecule has 3 heterocycles. The van der Waals surface area contributed by atoms with Gasteiger partial charge in [0.05, 0.1) is 12.2 Å². The summed E-state index contributed by atoms with van der Waals surface area (Å²) in [7, 11) is 0. The Morgan fingerprint density at radius 3 is 3.04 bits per heavy atom. The van der Waals surface area contributed by atoms with Gasteiger partial charge in [-0.05, 0) is 19.4 Å². The van der Waals surface area contributed by atoms with Crippen LogP contribution in [0.4, 0.5) is 0 Å². The van der Waals surface area contributed by atoms with Crippen LogP contribution in [0.1, 0.15) is 35.7 Å². The number of aryl methyl sites for hydroxylation is 1. The summed E-state index contributed by atoms with van der Waals surface area (Å²) < 4.78 is 5.53. The van der Waals surface area contributed by atoms with Crippen molar-refractivity contribution in [1.29, 1.82) is 0 Å². The minimum absolute atomic E-state index is 0.0864. The number of benzene rings is 1. The first-order valence-corrected chi connectivity index (χ1v) is 7.87. The van der Waals surface area contributed by atoms with Crippen molar-refractivity contribution in [2.24, 2.45) is 0 Å². The summed E-state index contributed by atoms with van der Waals surface area (Å²) in [5.41, 5.74) is 4.65. The molecule has 0 bridgehead atoms. The van der Waals surface area contributed by atoms with Crippen LogP contribution in [0.15, 0.2) is 35.0 Å². The van der Waals surface area contributed by atoms with Crippen LogP contribution in [0, 0.1) is 6.92 Å². The van der Waals surface area contributed by atoms with Crippen molar-refractivity contribution >= 4 is 0 Å². The van der Waals surface area contributed by atoms with Gasteiger partial charge in [0.1, 0.15) is 0 Å². The molecular weight excluding hydrogens is 290 g/mol. The summed E-state index contributed by atoms with van der Waals surface area (Å²) in [6.07, 6.45) is 2.87. The Bertz CT molecular complexity index is 822. The molecule has 0 amide bonds. The summed E-state index contributed by atoms with van der Waals surface area (Å²) >= 11 is 0. The number of aromatic nitrogens is 4. The van der Waals surface area contributed by atoms with E-state index in [1.807, 2.05) is 24.4 Å². The molecule has 0 aliphatic carbocycles. The van der Waals surface area contributed by atoms with Crippen molar-refractivity contribution in [2.45, 2.75) is 32.9 Å². The number of fused-ring (bicyclic) bond motifs is 1. The molecule has 3 aromatic rings. The molecule has 0 spiro atoms. The highest BCUT2D eigenvalue weighted by molar-refractivity contribution is 5.58. The van der Waals surface area contributed by atoms with E-state index in [2.05, 4.69) is 45.2 Å². The van der Waals surface area contributed by atoms with Crippen LogP contribution in [0.2, 0.25) is 0 Å². The molecule has 1 aromatic carbocycles. The molecule has 4 rings (SSSR count). The largest absolute Gasteiger partial charge is 0.337 e. The summed E-state index contributed by atoms with van der Waals surface area (Å²) in [4.78, 5) is 6.96. The summed E-state index contributed by atoms with van der Waals surface area (Å²) in [6, 6.07) is 8.17. The molecule has 1 unspecified atom stereocenters. The Labute approximate surface area is 134 Å². The Balaban J connectivity index is 1.56. The number of rotatable bonds is 3. The van der Waals surface area contributed by atoms with E-state index in [1.54, 1.807) is 0 Å². The maximum Gasteiger partial charge on any atom is 0.244 e. The molecule has 23 heavy (non-hydrogen) atoms. The standard InChI is InChI=1S/C17H19N5O/c1-11-5-3-4-6-14(11)16-19-17(23-21-16)12(2)22-8-7-15-13(10-22)9-18-20-15/h3-6,9,12H,7-8,10H2,1-2H3,(H,18,20). The molecule has 6 nitrogen and oxygen atoms in total. The van der Waals surface area contributed by atoms with Gasteiger partial charge in [-0.25, -0.2) is 0 Å². The van der Waals surface area contributed by atoms with E-state index in [0.29, 0.717) is 11.7 Å². The first-order chi connectivity index (χ1) is 11.2. The maximum atomic E-state index is 5.53. The molecule has 118 valence electrons. The van der Waals surface area contributed by atoms with E-state index in [0.717, 1.165) is 30.6 Å². The van der Waals surface area contributed by atoms with Crippen molar-refractivity contribution < 1.29 is 4.52 Å². The van der Waals surface area contributed by atoms with Crippen LogP contribution in [-0.4, -0.2) is 31.8 Å². The SMILES string of the molecule is Cc1ccccc1-c1noc(C(C)N2CCc3[nH]ncc3C2)n1. The van der Waals surface area contributed by atoms with Crippen LogP contribution in [0.5, 0.6) is 0 Å². The van der Waals surface area contributed by atoms with Crippen molar-refractivity contribution in [1.82, 2.24) is 25.2 Å². The van der Waals surface area contributed by atoms with Gasteiger partial charge in [0.2, 0.25) is 11.7 Å². The summed E-state index contributed by atoms with van der Waals surface area (Å²) in [5, 5.41) is 11.3. The maximum absolute atomic E-state index is 5.53. The van der Waals surface area contributed by atoms with Gasteiger partial charge in [0, 0.05) is 36.3 Å². The lowest BCUT2D eigenvalue weighted by atomic mass is 10.1. The van der Waals surface area contributed by atoms with E-state index in [-0.39, 0.29) is 6.04 Å². The highest BCUT2D eigenvalue weighted by Crippen LogP contribution is 2.28. The van der Waals surface area contributed by atoms with Crippen molar-refractivity contribution in [3.05, 3.63) is 53.2 Å². The van der Waals surface area contributed by atoms with E-state index >= 15 is 0 Å². The van der Waals surface area contributed by atoms with Gasteiger partial charge in [-0.1, -0.05) is 29.4 Å². The average Bonchev–Trinajstić information content (AvgIpc) is 3.23. The molecule has 0 radical (unpaired) electrons. The molecule has 0 fully saturated rings. The molecule has 0 saturated heterocycles. The fourth-order valence-corrected chi connectivity index (χ4v) is 3.07. The highest BCUT2D eigenvalue weighted by atomic mass is 16.5. The molecule has 1 atom stereocenters. The molecule has 0 saturated carbocycles. The quantitative estimate of drug-likeness (QED) is 0.805. The van der Waals surface area contributed by atoms with Crippen molar-refractivity contribution in [3.8, 4) is 11.4 Å². The highest BCUT2D eigenvalue weighted by Gasteiger charge is 2.26. The van der Waals surface area contributed by atoms with Gasteiger partial charge < -0.3 is 4.52 Å². The smallest absolute Gasteiger partial charge is 0.244 e. The van der Waals surface area contributed by atoms with Gasteiger partial charge >= 0.3 is 0 Å². The topological polar surface area (TPSA) is 70.8 Å². The van der Waals surface area contributed by atoms with Crippen LogP contribution in [0.25, 0.3) is 11.4 Å². The summed E-state index contributed by atoms with van der Waals surface area (Å²) in [6.45, 7) is 5.98. The first-order valence-electron chi connectivity index (χ1n) is 7.87. The third-order valence-electron chi connectivity index (χ3n) is 4.56. The fraction of sp³-hybridized carbons (Fsp3) is 0.353. The van der Waals surface area contributed by atoms with Crippen LogP contribution in [0.3, 0.4) is 0 Å². The summed E-state index contributed by atoms with van der Waals surface area (Å²) in [5.74, 6) is 1.32. The van der Waals surface area contributed by atoms with Crippen molar-refractivity contribution in [3.63, 3.8) is 0 Å². The second kappa shape index (κ2) is 5.62. The first kappa shape index (κ1) is 14.1. The Morgan fingerprint density at radius 2 is 2.17 bits per heavy atom. The van der Waals surface area contributed by atoms with E-state index in [1.165, 1.54) is 11.3 Å². The minimum atomic E-state index is 0.0864. The molecular formula is C17H19N5O. The second-order valence-electron chi connectivity index (χ2n) is 6.04. The number of aromatic amines is 1. The zero-order chi connectivity index (χ0) is 15.8. The number of H-pyrrole nitrogens is 1. The predicted molar refractivity (Wildman–Crippen MR) is 85.6 cm³/mol. The van der Waals surface area contributed by atoms with Gasteiger partial charge in [0.25, 0.3) is 0 Å². The number of hydrogen-bond acceptors (Lipinski definition) is 5. The minimum Gasteiger partial charge on any atom is -0.337 e. The Kier molecular flexibility index (Phi) is 3.46. The monoisotopic (exact) mass is 309 g/mol.